The number of hydrogen-bond donors (Lipinski definition) is 2. The van der Waals surface area contributed by atoms with Crippen molar-refractivity contribution in [3.63, 3.8) is 0 Å². The monoisotopic (exact) mass is 279 g/mol. The molecular formula is C12H17N5O3. The molecule has 3 N–H and O–H groups in total. The number of aromatic nitrogens is 2. The van der Waals surface area contributed by atoms with Crippen molar-refractivity contribution in [3.8, 4) is 0 Å². The van der Waals surface area contributed by atoms with Gasteiger partial charge in [-0.25, -0.2) is 0 Å². The highest BCUT2D eigenvalue weighted by Crippen LogP contribution is 2.22. The molecule has 0 radical (unpaired) electrons. The zero-order valence-corrected chi connectivity index (χ0v) is 11.0. The normalized spacial score (nSPS) is 26.1. The van der Waals surface area contributed by atoms with E-state index < -0.39 is 0 Å². The number of primary amides is 1. The first-order chi connectivity index (χ1) is 9.65. The van der Waals surface area contributed by atoms with Crippen LogP contribution in [-0.2, 0) is 4.79 Å². The van der Waals surface area contributed by atoms with Gasteiger partial charge in [-0.1, -0.05) is 5.16 Å². The van der Waals surface area contributed by atoms with Crippen molar-refractivity contribution in [1.29, 1.82) is 0 Å². The van der Waals surface area contributed by atoms with E-state index >= 15 is 0 Å². The lowest BCUT2D eigenvalue weighted by molar-refractivity contribution is -0.121. The van der Waals surface area contributed by atoms with Crippen molar-refractivity contribution in [3.05, 3.63) is 11.7 Å². The lowest BCUT2D eigenvalue weighted by Gasteiger charge is -2.12. The van der Waals surface area contributed by atoms with Gasteiger partial charge in [0.1, 0.15) is 0 Å². The van der Waals surface area contributed by atoms with Crippen molar-refractivity contribution in [1.82, 2.24) is 20.4 Å². The van der Waals surface area contributed by atoms with Crippen LogP contribution in [0.3, 0.4) is 0 Å². The summed E-state index contributed by atoms with van der Waals surface area (Å²) < 4.78 is 5.14. The molecule has 2 saturated heterocycles. The van der Waals surface area contributed by atoms with Crippen LogP contribution in [0.15, 0.2) is 4.52 Å². The van der Waals surface area contributed by atoms with Crippen molar-refractivity contribution in [2.24, 2.45) is 11.7 Å². The lowest BCUT2D eigenvalue weighted by atomic mass is 10.1. The number of hydrogen-bond acceptors (Lipinski definition) is 6. The fraction of sp³-hybridized carbons (Fsp3) is 0.667. The summed E-state index contributed by atoms with van der Waals surface area (Å²) in [6.07, 6.45) is 2.59. The summed E-state index contributed by atoms with van der Waals surface area (Å²) in [6.45, 7) is 1.75. The van der Waals surface area contributed by atoms with Crippen LogP contribution in [0.4, 0.5) is 0 Å². The first-order valence-corrected chi connectivity index (χ1v) is 6.80. The third kappa shape index (κ3) is 2.38. The van der Waals surface area contributed by atoms with E-state index in [1.165, 1.54) is 0 Å². The molecule has 8 nitrogen and oxygen atoms in total. The molecule has 2 aliphatic rings. The number of carbonyl (C=O) groups is 2. The number of likely N-dealkylation sites (tertiary alicyclic amines) is 1. The predicted octanol–water partition coefficient (Wildman–Crippen LogP) is -0.558. The summed E-state index contributed by atoms with van der Waals surface area (Å²) in [4.78, 5) is 29.0. The lowest BCUT2D eigenvalue weighted by Crippen LogP contribution is -2.32. The van der Waals surface area contributed by atoms with Crippen molar-refractivity contribution >= 4 is 11.8 Å². The fourth-order valence-corrected chi connectivity index (χ4v) is 2.68. The minimum atomic E-state index is -0.371. The van der Waals surface area contributed by atoms with Crippen LogP contribution >= 0.6 is 0 Å². The average Bonchev–Trinajstić information content (AvgIpc) is 3.17. The van der Waals surface area contributed by atoms with Gasteiger partial charge < -0.3 is 20.5 Å². The molecule has 2 amide bonds. The van der Waals surface area contributed by atoms with Crippen molar-refractivity contribution in [2.75, 3.05) is 19.6 Å². The van der Waals surface area contributed by atoms with Gasteiger partial charge in [-0.15, -0.1) is 0 Å². The summed E-state index contributed by atoms with van der Waals surface area (Å²) in [6, 6.07) is 0.0426. The van der Waals surface area contributed by atoms with E-state index in [0.29, 0.717) is 25.4 Å². The Morgan fingerprint density at radius 2 is 2.25 bits per heavy atom. The molecule has 1 aromatic heterocycles. The Balaban J connectivity index is 1.67. The first kappa shape index (κ1) is 13.0. The summed E-state index contributed by atoms with van der Waals surface area (Å²) in [7, 11) is 0. The molecule has 2 aliphatic heterocycles. The Morgan fingerprint density at radius 3 is 2.90 bits per heavy atom. The van der Waals surface area contributed by atoms with Gasteiger partial charge in [0, 0.05) is 13.1 Å². The minimum absolute atomic E-state index is 0.0426. The van der Waals surface area contributed by atoms with Gasteiger partial charge in [-0.05, 0) is 25.8 Å². The van der Waals surface area contributed by atoms with E-state index in [1.54, 1.807) is 4.90 Å². The molecule has 1 aromatic rings. The Labute approximate surface area is 115 Å². The van der Waals surface area contributed by atoms with Crippen LogP contribution in [0.1, 0.15) is 41.8 Å². The predicted molar refractivity (Wildman–Crippen MR) is 67.5 cm³/mol. The maximum absolute atomic E-state index is 12.2. The highest BCUT2D eigenvalue weighted by atomic mass is 16.5. The van der Waals surface area contributed by atoms with Crippen LogP contribution in [0.5, 0.6) is 0 Å². The molecule has 8 heteroatoms. The Hall–Kier alpha value is -1.96. The largest absolute Gasteiger partial charge is 0.369 e. The highest BCUT2D eigenvalue weighted by molar-refractivity contribution is 5.91. The van der Waals surface area contributed by atoms with E-state index in [4.69, 9.17) is 10.3 Å². The van der Waals surface area contributed by atoms with E-state index in [0.717, 1.165) is 19.4 Å². The Morgan fingerprint density at radius 1 is 1.40 bits per heavy atom. The Kier molecular flexibility index (Phi) is 3.39. The number of nitrogens with one attached hydrogen (secondary N) is 1. The molecule has 108 valence electrons. The quantitative estimate of drug-likeness (QED) is 0.766. The molecule has 3 heterocycles. The van der Waals surface area contributed by atoms with Gasteiger partial charge in [0.05, 0.1) is 12.0 Å². The fourth-order valence-electron chi connectivity index (χ4n) is 2.68. The number of amides is 2. The first-order valence-electron chi connectivity index (χ1n) is 6.80. The van der Waals surface area contributed by atoms with E-state index in [-0.39, 0.29) is 29.6 Å². The van der Waals surface area contributed by atoms with Gasteiger partial charge in [-0.3, -0.25) is 9.59 Å². The van der Waals surface area contributed by atoms with Gasteiger partial charge in [0.25, 0.3) is 11.7 Å². The summed E-state index contributed by atoms with van der Waals surface area (Å²) in [5.74, 6) is -0.442. The third-order valence-electron chi connectivity index (χ3n) is 3.87. The summed E-state index contributed by atoms with van der Waals surface area (Å²) in [5.41, 5.74) is 5.25. The summed E-state index contributed by atoms with van der Waals surface area (Å²) >= 11 is 0. The maximum atomic E-state index is 12.2. The highest BCUT2D eigenvalue weighted by Gasteiger charge is 2.33. The molecule has 0 spiro atoms. The van der Waals surface area contributed by atoms with Crippen LogP contribution in [0.25, 0.3) is 0 Å². The molecule has 2 unspecified atom stereocenters. The molecule has 0 saturated carbocycles. The molecular weight excluding hydrogens is 262 g/mol. The minimum Gasteiger partial charge on any atom is -0.369 e. The van der Waals surface area contributed by atoms with Crippen molar-refractivity contribution in [2.45, 2.75) is 25.3 Å². The van der Waals surface area contributed by atoms with Crippen LogP contribution < -0.4 is 11.1 Å². The topological polar surface area (TPSA) is 114 Å². The third-order valence-corrected chi connectivity index (χ3v) is 3.87. The van der Waals surface area contributed by atoms with Crippen molar-refractivity contribution < 1.29 is 14.1 Å². The van der Waals surface area contributed by atoms with Crippen LogP contribution in [0.2, 0.25) is 0 Å². The molecule has 20 heavy (non-hydrogen) atoms. The number of nitrogens with zero attached hydrogens (tertiary/aromatic N) is 3. The molecule has 0 aromatic carbocycles. The smallest absolute Gasteiger partial charge is 0.295 e. The van der Waals surface area contributed by atoms with Gasteiger partial charge in [0.15, 0.2) is 0 Å². The Bertz CT molecular complexity index is 523. The SMILES string of the molecule is NC(=O)C1CCN(C(=O)c2noc(C3CCCN3)n2)C1. The molecule has 2 fully saturated rings. The standard InChI is InChI=1S/C12H17N5O3/c13-9(18)7-3-5-17(6-7)12(19)10-15-11(20-16-10)8-2-1-4-14-8/h7-8,14H,1-6H2,(H2,13,18). The average molecular weight is 279 g/mol. The van der Waals surface area contributed by atoms with E-state index in [1.807, 2.05) is 0 Å². The number of carbonyl (C=O) groups excluding carboxylic acids is 2. The van der Waals surface area contributed by atoms with Crippen LogP contribution in [0, 0.1) is 5.92 Å². The number of rotatable bonds is 3. The van der Waals surface area contributed by atoms with Crippen LogP contribution in [-0.4, -0.2) is 46.5 Å². The molecule has 2 atom stereocenters. The zero-order valence-electron chi connectivity index (χ0n) is 11.0. The second-order valence-corrected chi connectivity index (χ2v) is 5.24. The van der Waals surface area contributed by atoms with Gasteiger partial charge in [-0.2, -0.15) is 4.98 Å². The van der Waals surface area contributed by atoms with Gasteiger partial charge in [0.2, 0.25) is 11.8 Å². The zero-order chi connectivity index (χ0) is 14.1. The van der Waals surface area contributed by atoms with Gasteiger partial charge >= 0.3 is 0 Å². The second-order valence-electron chi connectivity index (χ2n) is 5.24. The molecule has 0 bridgehead atoms. The summed E-state index contributed by atoms with van der Waals surface area (Å²) in [5, 5.41) is 6.98. The van der Waals surface area contributed by atoms with E-state index in [2.05, 4.69) is 15.5 Å². The number of nitrogens with two attached hydrogens (primary N) is 1. The maximum Gasteiger partial charge on any atom is 0.295 e. The van der Waals surface area contributed by atoms with E-state index in [9.17, 15) is 9.59 Å². The molecule has 0 aliphatic carbocycles. The molecule has 3 rings (SSSR count). The second kappa shape index (κ2) is 5.20.